The van der Waals surface area contributed by atoms with Gasteiger partial charge >= 0.3 is 5.97 Å². The summed E-state index contributed by atoms with van der Waals surface area (Å²) in [4.78, 5) is 12.6. The third-order valence-electron chi connectivity index (χ3n) is 4.30. The van der Waals surface area contributed by atoms with Gasteiger partial charge in [0, 0.05) is 13.1 Å². The first-order chi connectivity index (χ1) is 13.9. The van der Waals surface area contributed by atoms with Crippen LogP contribution in [-0.4, -0.2) is 42.0 Å². The van der Waals surface area contributed by atoms with Crippen molar-refractivity contribution in [1.82, 2.24) is 14.5 Å². The summed E-state index contributed by atoms with van der Waals surface area (Å²) in [5.41, 5.74) is 0.749. The van der Waals surface area contributed by atoms with Gasteiger partial charge in [-0.05, 0) is 36.8 Å². The van der Waals surface area contributed by atoms with Crippen LogP contribution < -0.4 is 0 Å². The maximum Gasteiger partial charge on any atom is 0.338 e. The van der Waals surface area contributed by atoms with Gasteiger partial charge < -0.3 is 13.6 Å². The zero-order valence-corrected chi connectivity index (χ0v) is 17.1. The highest BCUT2D eigenvalue weighted by molar-refractivity contribution is 7.89. The fourth-order valence-electron chi connectivity index (χ4n) is 2.71. The van der Waals surface area contributed by atoms with E-state index in [9.17, 15) is 13.2 Å². The van der Waals surface area contributed by atoms with Gasteiger partial charge in [0.2, 0.25) is 10.0 Å². The first kappa shape index (κ1) is 20.7. The molecule has 0 spiro atoms. The van der Waals surface area contributed by atoms with Crippen LogP contribution in [0.15, 0.2) is 50.3 Å². The average Bonchev–Trinajstić information content (AvgIpc) is 3.38. The smallest absolute Gasteiger partial charge is 0.338 e. The quantitative estimate of drug-likeness (QED) is 0.512. The zero-order valence-electron chi connectivity index (χ0n) is 16.3. The van der Waals surface area contributed by atoms with Crippen molar-refractivity contribution in [3.05, 3.63) is 53.6 Å². The van der Waals surface area contributed by atoms with Crippen LogP contribution >= 0.6 is 0 Å². The lowest BCUT2D eigenvalue weighted by Crippen LogP contribution is -2.30. The molecule has 10 heteroatoms. The van der Waals surface area contributed by atoms with E-state index in [0.29, 0.717) is 24.4 Å². The lowest BCUT2D eigenvalue weighted by Gasteiger charge is -2.19. The van der Waals surface area contributed by atoms with Gasteiger partial charge in [-0.3, -0.25) is 0 Å². The molecule has 0 aliphatic heterocycles. The fourth-order valence-corrected chi connectivity index (χ4v) is 4.20. The molecule has 9 nitrogen and oxygen atoms in total. The summed E-state index contributed by atoms with van der Waals surface area (Å²) in [5.74, 6) is -0.0176. The third-order valence-corrected chi connectivity index (χ3v) is 6.34. The molecule has 154 valence electrons. The van der Waals surface area contributed by atoms with Crippen molar-refractivity contribution in [3.63, 3.8) is 0 Å². The van der Waals surface area contributed by atoms with Gasteiger partial charge in [0.1, 0.15) is 0 Å². The lowest BCUT2D eigenvalue weighted by molar-refractivity contribution is 0.0437. The Bertz CT molecular complexity index is 1090. The Hall–Kier alpha value is -2.98. The molecule has 0 saturated heterocycles. The van der Waals surface area contributed by atoms with Gasteiger partial charge in [-0.2, -0.15) is 4.31 Å². The Morgan fingerprint density at radius 2 is 1.93 bits per heavy atom. The van der Waals surface area contributed by atoms with Crippen molar-refractivity contribution in [3.8, 4) is 11.7 Å². The predicted octanol–water partition coefficient (Wildman–Crippen LogP) is 3.03. The summed E-state index contributed by atoms with van der Waals surface area (Å²) in [6.07, 6.45) is 1.47. The summed E-state index contributed by atoms with van der Waals surface area (Å²) < 4.78 is 42.5. The molecule has 0 fully saturated rings. The molecule has 3 aromatic rings. The molecular weight excluding hydrogens is 398 g/mol. The molecule has 0 unspecified atom stereocenters. The number of carbonyl (C=O) groups excluding carboxylic acids is 1. The number of aryl methyl sites for hydroxylation is 1. The number of hydrogen-bond acceptors (Lipinski definition) is 8. The second-order valence-corrected chi connectivity index (χ2v) is 8.06. The summed E-state index contributed by atoms with van der Waals surface area (Å²) in [6.45, 7) is 5.63. The minimum absolute atomic E-state index is 0.0386. The van der Waals surface area contributed by atoms with Gasteiger partial charge in [-0.15, -0.1) is 10.2 Å². The molecule has 29 heavy (non-hydrogen) atoms. The number of rotatable bonds is 8. The zero-order chi connectivity index (χ0) is 21.0. The molecule has 0 aliphatic rings. The Morgan fingerprint density at radius 3 is 2.59 bits per heavy atom. The van der Waals surface area contributed by atoms with Gasteiger partial charge in [0.25, 0.3) is 11.8 Å². The molecule has 0 atom stereocenters. The van der Waals surface area contributed by atoms with E-state index >= 15 is 0 Å². The molecule has 1 aromatic carbocycles. The van der Waals surface area contributed by atoms with E-state index in [0.717, 1.165) is 0 Å². The Balaban J connectivity index is 1.76. The SMILES string of the molecule is CCN(CC)S(=O)(=O)c1ccc(C)c(C(=O)OCc2nnc(-c3ccco3)o2)c1. The molecular formula is C19H21N3O6S. The molecule has 0 radical (unpaired) electrons. The molecule has 0 amide bonds. The van der Waals surface area contributed by atoms with Crippen molar-refractivity contribution >= 4 is 16.0 Å². The van der Waals surface area contributed by atoms with Crippen molar-refractivity contribution in [2.75, 3.05) is 13.1 Å². The summed E-state index contributed by atoms with van der Waals surface area (Å²) in [5, 5.41) is 7.63. The number of ether oxygens (including phenoxy) is 1. The minimum Gasteiger partial charge on any atom is -0.459 e. The Labute approximate surface area is 168 Å². The van der Waals surface area contributed by atoms with Gasteiger partial charge in [0.15, 0.2) is 12.4 Å². The monoisotopic (exact) mass is 419 g/mol. The number of hydrogen-bond donors (Lipinski definition) is 0. The maximum atomic E-state index is 12.7. The maximum absolute atomic E-state index is 12.7. The normalized spacial score (nSPS) is 11.7. The standard InChI is InChI=1S/C19H21N3O6S/c1-4-22(5-2)29(24,25)14-9-8-13(3)15(11-14)19(23)27-12-17-20-21-18(28-17)16-7-6-10-26-16/h6-11H,4-5,12H2,1-3H3. The van der Waals surface area contributed by atoms with Crippen LogP contribution in [0, 0.1) is 6.92 Å². The minimum atomic E-state index is -3.69. The molecule has 3 rings (SSSR count). The summed E-state index contributed by atoms with van der Waals surface area (Å²) >= 11 is 0. The van der Waals surface area contributed by atoms with E-state index in [1.54, 1.807) is 39.0 Å². The second kappa shape index (κ2) is 8.58. The molecule has 0 aliphatic carbocycles. The highest BCUT2D eigenvalue weighted by Crippen LogP contribution is 2.21. The van der Waals surface area contributed by atoms with Crippen LogP contribution in [0.1, 0.15) is 35.7 Å². The van der Waals surface area contributed by atoms with Crippen LogP contribution in [0.5, 0.6) is 0 Å². The van der Waals surface area contributed by atoms with Crippen molar-refractivity contribution < 1.29 is 26.8 Å². The number of carbonyl (C=O) groups is 1. The lowest BCUT2D eigenvalue weighted by atomic mass is 10.1. The molecule has 0 N–H and O–H groups in total. The number of esters is 1. The topological polar surface area (TPSA) is 116 Å². The van der Waals surface area contributed by atoms with E-state index in [4.69, 9.17) is 13.6 Å². The van der Waals surface area contributed by atoms with Gasteiger partial charge in [-0.1, -0.05) is 19.9 Å². The van der Waals surface area contributed by atoms with Crippen molar-refractivity contribution in [2.45, 2.75) is 32.3 Å². The molecule has 2 aromatic heterocycles. The largest absolute Gasteiger partial charge is 0.459 e. The first-order valence-electron chi connectivity index (χ1n) is 9.01. The van der Waals surface area contributed by atoms with Gasteiger partial charge in [-0.25, -0.2) is 13.2 Å². The molecule has 0 saturated carbocycles. The highest BCUT2D eigenvalue weighted by atomic mass is 32.2. The van der Waals surface area contributed by atoms with Crippen molar-refractivity contribution in [1.29, 1.82) is 0 Å². The van der Waals surface area contributed by atoms with E-state index in [1.807, 2.05) is 0 Å². The average molecular weight is 419 g/mol. The number of aromatic nitrogens is 2. The van der Waals surface area contributed by atoms with E-state index in [1.165, 1.54) is 22.7 Å². The highest BCUT2D eigenvalue weighted by Gasteiger charge is 2.24. The Kier molecular flexibility index (Phi) is 6.14. The number of benzene rings is 1. The van der Waals surface area contributed by atoms with E-state index in [2.05, 4.69) is 10.2 Å². The third kappa shape index (κ3) is 4.38. The Morgan fingerprint density at radius 1 is 1.17 bits per heavy atom. The molecule has 0 bridgehead atoms. The number of sulfonamides is 1. The summed E-state index contributed by atoms with van der Waals surface area (Å²) in [7, 11) is -3.69. The molecule has 2 heterocycles. The second-order valence-electron chi connectivity index (χ2n) is 6.12. The predicted molar refractivity (Wildman–Crippen MR) is 102 cm³/mol. The number of nitrogens with zero attached hydrogens (tertiary/aromatic N) is 3. The van der Waals surface area contributed by atoms with E-state index in [-0.39, 0.29) is 28.8 Å². The van der Waals surface area contributed by atoms with Gasteiger partial charge in [0.05, 0.1) is 16.7 Å². The first-order valence-corrected chi connectivity index (χ1v) is 10.4. The van der Waals surface area contributed by atoms with Crippen LogP contribution in [0.4, 0.5) is 0 Å². The fraction of sp³-hybridized carbons (Fsp3) is 0.316. The summed E-state index contributed by atoms with van der Waals surface area (Å²) in [6, 6.07) is 7.73. The van der Waals surface area contributed by atoms with Crippen LogP contribution in [-0.2, 0) is 21.4 Å². The van der Waals surface area contributed by atoms with Crippen molar-refractivity contribution in [2.24, 2.45) is 0 Å². The van der Waals surface area contributed by atoms with Crippen LogP contribution in [0.2, 0.25) is 0 Å². The van der Waals surface area contributed by atoms with Crippen LogP contribution in [0.25, 0.3) is 11.7 Å². The number of furan rings is 1. The van der Waals surface area contributed by atoms with Crippen LogP contribution in [0.3, 0.4) is 0 Å². The van der Waals surface area contributed by atoms with E-state index < -0.39 is 16.0 Å².